The van der Waals surface area contributed by atoms with E-state index in [1.807, 2.05) is 30.7 Å². The maximum atomic E-state index is 12.1. The van der Waals surface area contributed by atoms with Crippen LogP contribution in [0.1, 0.15) is 13.8 Å². The molecule has 1 N–H and O–H groups in total. The Bertz CT molecular complexity index is 552. The predicted octanol–water partition coefficient (Wildman–Crippen LogP) is 0.631. The van der Waals surface area contributed by atoms with Gasteiger partial charge in [-0.25, -0.2) is 0 Å². The van der Waals surface area contributed by atoms with Crippen molar-refractivity contribution in [3.63, 3.8) is 0 Å². The van der Waals surface area contributed by atoms with Gasteiger partial charge >= 0.3 is 0 Å². The maximum Gasteiger partial charge on any atom is 0.246 e. The fraction of sp³-hybridized carbons (Fsp3) is 0.500. The van der Waals surface area contributed by atoms with Crippen LogP contribution in [0.4, 0.5) is 0 Å². The van der Waals surface area contributed by atoms with Gasteiger partial charge in [0.25, 0.3) is 0 Å². The molecule has 0 aliphatic heterocycles. The van der Waals surface area contributed by atoms with E-state index in [2.05, 4.69) is 15.4 Å². The summed E-state index contributed by atoms with van der Waals surface area (Å²) in [5, 5.41) is 24.8. The van der Waals surface area contributed by atoms with E-state index in [0.29, 0.717) is 12.4 Å². The molecule has 108 valence electrons. The molecule has 0 radical (unpaired) electrons. The van der Waals surface area contributed by atoms with Gasteiger partial charge in [0.2, 0.25) is 11.7 Å². The van der Waals surface area contributed by atoms with Crippen molar-refractivity contribution in [1.29, 1.82) is 0 Å². The molecule has 0 aliphatic carbocycles. The van der Waals surface area contributed by atoms with Gasteiger partial charge in [0, 0.05) is 23.5 Å². The summed E-state index contributed by atoms with van der Waals surface area (Å²) in [5.41, 5.74) is 0.893. The normalized spacial score (nSPS) is 11.0. The molecule has 7 nitrogen and oxygen atoms in total. The standard InChI is InChI=1S/C12H17N5O2S/c1-9(2)16(4-5-18)11(19)7-17-14-12(13-15-17)10-3-6-20-8-10/h3,6,8-9,18H,4-5,7H2,1-2H3. The summed E-state index contributed by atoms with van der Waals surface area (Å²) in [6, 6.07) is 1.93. The van der Waals surface area contributed by atoms with Gasteiger partial charge in [-0.05, 0) is 30.5 Å². The van der Waals surface area contributed by atoms with Crippen LogP contribution in [-0.4, -0.2) is 55.3 Å². The van der Waals surface area contributed by atoms with Crippen LogP contribution in [0.5, 0.6) is 0 Å². The zero-order chi connectivity index (χ0) is 14.5. The Labute approximate surface area is 120 Å². The minimum atomic E-state index is -0.136. The number of carbonyl (C=O) groups is 1. The van der Waals surface area contributed by atoms with Gasteiger partial charge in [0.1, 0.15) is 6.54 Å². The smallest absolute Gasteiger partial charge is 0.246 e. The van der Waals surface area contributed by atoms with Crippen LogP contribution >= 0.6 is 11.3 Å². The number of aliphatic hydroxyl groups is 1. The summed E-state index contributed by atoms with van der Waals surface area (Å²) < 4.78 is 0. The molecule has 8 heteroatoms. The predicted molar refractivity (Wildman–Crippen MR) is 75.1 cm³/mol. The highest BCUT2D eigenvalue weighted by atomic mass is 32.1. The number of nitrogens with zero attached hydrogens (tertiary/aromatic N) is 5. The van der Waals surface area contributed by atoms with Crippen LogP contribution in [0.3, 0.4) is 0 Å². The lowest BCUT2D eigenvalue weighted by molar-refractivity contribution is -0.134. The van der Waals surface area contributed by atoms with Crippen LogP contribution in [0.15, 0.2) is 16.8 Å². The van der Waals surface area contributed by atoms with Crippen LogP contribution in [0.2, 0.25) is 0 Å². The third-order valence-corrected chi connectivity index (χ3v) is 3.48. The van der Waals surface area contributed by atoms with Crippen molar-refractivity contribution in [1.82, 2.24) is 25.1 Å². The van der Waals surface area contributed by atoms with E-state index < -0.39 is 0 Å². The summed E-state index contributed by atoms with van der Waals surface area (Å²) in [7, 11) is 0. The van der Waals surface area contributed by atoms with E-state index in [0.717, 1.165) is 5.56 Å². The van der Waals surface area contributed by atoms with Crippen LogP contribution in [0.25, 0.3) is 11.4 Å². The molecule has 0 aliphatic rings. The number of tetrazole rings is 1. The minimum Gasteiger partial charge on any atom is -0.395 e. The largest absolute Gasteiger partial charge is 0.395 e. The molecule has 0 aromatic carbocycles. The van der Waals surface area contributed by atoms with Crippen molar-refractivity contribution in [2.45, 2.75) is 26.4 Å². The minimum absolute atomic E-state index is 0.0227. The SMILES string of the molecule is CC(C)N(CCO)C(=O)Cn1nnc(-c2ccsc2)n1. The van der Waals surface area contributed by atoms with Crippen molar-refractivity contribution in [3.05, 3.63) is 16.8 Å². The molecular weight excluding hydrogens is 278 g/mol. The number of rotatable bonds is 6. The first-order valence-electron chi connectivity index (χ1n) is 6.32. The molecule has 0 bridgehead atoms. The molecule has 20 heavy (non-hydrogen) atoms. The first kappa shape index (κ1) is 14.6. The number of thiophene rings is 1. The van der Waals surface area contributed by atoms with E-state index in [4.69, 9.17) is 5.11 Å². The highest BCUT2D eigenvalue weighted by Crippen LogP contribution is 2.16. The number of hydrogen-bond acceptors (Lipinski definition) is 6. The quantitative estimate of drug-likeness (QED) is 0.845. The average Bonchev–Trinajstić information content (AvgIpc) is 3.05. The number of aromatic nitrogens is 4. The van der Waals surface area contributed by atoms with Crippen LogP contribution in [0, 0.1) is 0 Å². The fourth-order valence-electron chi connectivity index (χ4n) is 1.81. The van der Waals surface area contributed by atoms with E-state index in [1.54, 1.807) is 16.2 Å². The Morgan fingerprint density at radius 2 is 2.35 bits per heavy atom. The fourth-order valence-corrected chi connectivity index (χ4v) is 2.44. The van der Waals surface area contributed by atoms with Crippen molar-refractivity contribution < 1.29 is 9.90 Å². The Morgan fingerprint density at radius 3 is 2.95 bits per heavy atom. The van der Waals surface area contributed by atoms with Gasteiger partial charge in [-0.1, -0.05) is 0 Å². The van der Waals surface area contributed by atoms with Crippen molar-refractivity contribution in [3.8, 4) is 11.4 Å². The van der Waals surface area contributed by atoms with E-state index >= 15 is 0 Å². The van der Waals surface area contributed by atoms with Crippen molar-refractivity contribution in [2.24, 2.45) is 0 Å². The van der Waals surface area contributed by atoms with Crippen molar-refractivity contribution in [2.75, 3.05) is 13.2 Å². The molecule has 0 saturated heterocycles. The molecule has 0 spiro atoms. The third kappa shape index (κ3) is 3.40. The first-order chi connectivity index (χ1) is 9.61. The lowest BCUT2D eigenvalue weighted by atomic mass is 10.3. The van der Waals surface area contributed by atoms with E-state index in [9.17, 15) is 4.79 Å². The number of carbonyl (C=O) groups excluding carboxylic acids is 1. The maximum absolute atomic E-state index is 12.1. The highest BCUT2D eigenvalue weighted by molar-refractivity contribution is 7.08. The third-order valence-electron chi connectivity index (χ3n) is 2.79. The Kier molecular flexibility index (Phi) is 4.80. The Balaban J connectivity index is 2.04. The second-order valence-corrected chi connectivity index (χ2v) is 5.34. The van der Waals surface area contributed by atoms with Crippen LogP contribution < -0.4 is 0 Å². The van der Waals surface area contributed by atoms with Gasteiger partial charge in [-0.2, -0.15) is 16.1 Å². The monoisotopic (exact) mass is 295 g/mol. The number of hydrogen-bond donors (Lipinski definition) is 1. The Morgan fingerprint density at radius 1 is 1.55 bits per heavy atom. The number of aliphatic hydroxyl groups excluding tert-OH is 1. The highest BCUT2D eigenvalue weighted by Gasteiger charge is 2.18. The first-order valence-corrected chi connectivity index (χ1v) is 7.26. The molecule has 1 amide bonds. The molecule has 2 rings (SSSR count). The lowest BCUT2D eigenvalue weighted by Gasteiger charge is -2.25. The van der Waals surface area contributed by atoms with Gasteiger partial charge in [0.15, 0.2) is 0 Å². The van der Waals surface area contributed by atoms with Crippen LogP contribution in [-0.2, 0) is 11.3 Å². The van der Waals surface area contributed by atoms with Crippen molar-refractivity contribution >= 4 is 17.2 Å². The summed E-state index contributed by atoms with van der Waals surface area (Å²) in [6.07, 6.45) is 0. The zero-order valence-corrected chi connectivity index (χ0v) is 12.2. The lowest BCUT2D eigenvalue weighted by Crippen LogP contribution is -2.41. The van der Waals surface area contributed by atoms with E-state index in [-0.39, 0.29) is 25.1 Å². The summed E-state index contributed by atoms with van der Waals surface area (Å²) in [6.45, 7) is 4.07. The molecule has 0 unspecified atom stereocenters. The second kappa shape index (κ2) is 6.58. The summed E-state index contributed by atoms with van der Waals surface area (Å²) in [5.74, 6) is 0.376. The molecular formula is C12H17N5O2S. The van der Waals surface area contributed by atoms with Gasteiger partial charge in [-0.15, -0.1) is 10.2 Å². The van der Waals surface area contributed by atoms with E-state index in [1.165, 1.54) is 4.80 Å². The average molecular weight is 295 g/mol. The van der Waals surface area contributed by atoms with Gasteiger partial charge < -0.3 is 10.0 Å². The second-order valence-electron chi connectivity index (χ2n) is 4.56. The molecule has 0 saturated carbocycles. The summed E-state index contributed by atoms with van der Waals surface area (Å²) in [4.78, 5) is 15.0. The molecule has 2 heterocycles. The Hall–Kier alpha value is -1.80. The van der Waals surface area contributed by atoms with Gasteiger partial charge in [-0.3, -0.25) is 4.79 Å². The number of amides is 1. The molecule has 2 aromatic heterocycles. The topological polar surface area (TPSA) is 84.1 Å². The molecule has 0 atom stereocenters. The van der Waals surface area contributed by atoms with Gasteiger partial charge in [0.05, 0.1) is 6.61 Å². The molecule has 2 aromatic rings. The zero-order valence-electron chi connectivity index (χ0n) is 11.4. The molecule has 0 fully saturated rings. The summed E-state index contributed by atoms with van der Waals surface area (Å²) >= 11 is 1.55.